The van der Waals surface area contributed by atoms with E-state index in [4.69, 9.17) is 0 Å². The minimum absolute atomic E-state index is 0.0822. The molecule has 0 aromatic heterocycles. The lowest BCUT2D eigenvalue weighted by atomic mass is 10.3. The van der Waals surface area contributed by atoms with Gasteiger partial charge in [-0.15, -0.1) is 4.40 Å². The number of amidine groups is 1. The second-order valence-corrected chi connectivity index (χ2v) is 8.90. The number of thioether (sulfide) groups is 1. The number of hydrogen-bond donors (Lipinski definition) is 0. The van der Waals surface area contributed by atoms with Gasteiger partial charge in [0.05, 0.1) is 15.8 Å². The molecule has 1 unspecified atom stereocenters. The third kappa shape index (κ3) is 3.40. The van der Waals surface area contributed by atoms with Crippen molar-refractivity contribution in [3.05, 3.63) is 59.1 Å². The van der Waals surface area contributed by atoms with Gasteiger partial charge in [-0.2, -0.15) is 8.42 Å². The molecule has 0 N–H and O–H groups in total. The van der Waals surface area contributed by atoms with E-state index < -0.39 is 10.0 Å². The van der Waals surface area contributed by atoms with E-state index in [-0.39, 0.29) is 21.2 Å². The van der Waals surface area contributed by atoms with Gasteiger partial charge < -0.3 is 0 Å². The number of carbonyl (C=O) groups is 1. The number of nitrogens with zero attached hydrogens (tertiary/aromatic N) is 2. The van der Waals surface area contributed by atoms with Crippen molar-refractivity contribution < 1.29 is 13.2 Å². The highest BCUT2D eigenvalue weighted by molar-refractivity contribution is 9.10. The molecule has 2 aromatic rings. The van der Waals surface area contributed by atoms with Crippen molar-refractivity contribution in [2.24, 2.45) is 4.40 Å². The molecule has 5 nitrogen and oxygen atoms in total. The lowest BCUT2D eigenvalue weighted by Gasteiger charge is -2.15. The number of halogens is 1. The number of anilines is 1. The van der Waals surface area contributed by atoms with Crippen LogP contribution in [0.2, 0.25) is 0 Å². The highest BCUT2D eigenvalue weighted by atomic mass is 79.9. The van der Waals surface area contributed by atoms with E-state index in [1.54, 1.807) is 43.3 Å². The van der Waals surface area contributed by atoms with Crippen LogP contribution >= 0.6 is 27.7 Å². The Hall–Kier alpha value is -1.64. The second-order valence-electron chi connectivity index (χ2n) is 5.07. The van der Waals surface area contributed by atoms with E-state index in [0.717, 1.165) is 16.2 Å². The van der Waals surface area contributed by atoms with Crippen molar-refractivity contribution in [2.45, 2.75) is 17.1 Å². The fourth-order valence-electron chi connectivity index (χ4n) is 2.18. The normalized spacial score (nSPS) is 19.9. The van der Waals surface area contributed by atoms with Gasteiger partial charge in [0, 0.05) is 4.47 Å². The number of amides is 1. The largest absolute Gasteiger partial charge is 0.284 e. The summed E-state index contributed by atoms with van der Waals surface area (Å²) >= 11 is 4.41. The number of carbonyl (C=O) groups excluding carboxylic acids is 1. The molecule has 2 aromatic carbocycles. The summed E-state index contributed by atoms with van der Waals surface area (Å²) in [6.07, 6.45) is 0. The summed E-state index contributed by atoms with van der Waals surface area (Å²) in [5, 5.41) is -0.217. The second kappa shape index (κ2) is 6.70. The van der Waals surface area contributed by atoms with E-state index in [0.29, 0.717) is 5.69 Å². The Morgan fingerprint density at radius 1 is 1.08 bits per heavy atom. The summed E-state index contributed by atoms with van der Waals surface area (Å²) in [6.45, 7) is 1.73. The highest BCUT2D eigenvalue weighted by Crippen LogP contribution is 2.32. The van der Waals surface area contributed by atoms with Crippen LogP contribution in [0.25, 0.3) is 0 Å². The summed E-state index contributed by atoms with van der Waals surface area (Å²) in [4.78, 5) is 13.8. The average Bonchev–Trinajstić information content (AvgIpc) is 2.82. The minimum Gasteiger partial charge on any atom is -0.273 e. The fourth-order valence-corrected chi connectivity index (χ4v) is 4.60. The topological polar surface area (TPSA) is 66.8 Å². The zero-order valence-electron chi connectivity index (χ0n) is 12.6. The molecule has 1 aliphatic rings. The van der Waals surface area contributed by atoms with E-state index in [9.17, 15) is 13.2 Å². The van der Waals surface area contributed by atoms with Crippen LogP contribution in [-0.2, 0) is 14.8 Å². The predicted molar refractivity (Wildman–Crippen MR) is 99.7 cm³/mol. The van der Waals surface area contributed by atoms with Crippen molar-refractivity contribution in [1.82, 2.24) is 0 Å². The Kier molecular flexibility index (Phi) is 4.80. The first-order valence-electron chi connectivity index (χ1n) is 7.05. The van der Waals surface area contributed by atoms with Crippen LogP contribution in [0.5, 0.6) is 0 Å². The Balaban J connectivity index is 2.04. The summed E-state index contributed by atoms with van der Waals surface area (Å²) < 4.78 is 29.8. The van der Waals surface area contributed by atoms with Crippen molar-refractivity contribution in [1.29, 1.82) is 0 Å². The van der Waals surface area contributed by atoms with Gasteiger partial charge in [-0.1, -0.05) is 45.9 Å². The predicted octanol–water partition coefficient (Wildman–Crippen LogP) is 3.66. The van der Waals surface area contributed by atoms with Crippen LogP contribution in [0, 0.1) is 0 Å². The lowest BCUT2D eigenvalue weighted by molar-refractivity contribution is -0.116. The summed E-state index contributed by atoms with van der Waals surface area (Å²) in [5.74, 6) is -0.184. The molecule has 1 amide bonds. The van der Waals surface area contributed by atoms with Crippen LogP contribution in [0.15, 0.2) is 68.4 Å². The van der Waals surface area contributed by atoms with Gasteiger partial charge in [-0.3, -0.25) is 9.69 Å². The molecule has 1 aliphatic heterocycles. The van der Waals surface area contributed by atoms with Gasteiger partial charge in [0.1, 0.15) is 0 Å². The zero-order valence-corrected chi connectivity index (χ0v) is 15.8. The number of rotatable bonds is 3. The molecule has 3 rings (SSSR count). The molecule has 0 saturated carbocycles. The maximum atomic E-state index is 12.5. The highest BCUT2D eigenvalue weighted by Gasteiger charge is 2.37. The number of para-hydroxylation sites is 1. The minimum atomic E-state index is -3.90. The van der Waals surface area contributed by atoms with Crippen molar-refractivity contribution >= 4 is 54.5 Å². The van der Waals surface area contributed by atoms with Gasteiger partial charge in [-0.05, 0) is 43.3 Å². The van der Waals surface area contributed by atoms with Gasteiger partial charge in [0.15, 0.2) is 5.17 Å². The molecule has 124 valence electrons. The van der Waals surface area contributed by atoms with Crippen molar-refractivity contribution in [3.63, 3.8) is 0 Å². The van der Waals surface area contributed by atoms with E-state index >= 15 is 0 Å². The maximum Gasteiger partial charge on any atom is 0.284 e. The molecule has 0 spiro atoms. The van der Waals surface area contributed by atoms with Gasteiger partial charge in [0.2, 0.25) is 5.91 Å². The fraction of sp³-hybridized carbons (Fsp3) is 0.125. The Morgan fingerprint density at radius 2 is 1.71 bits per heavy atom. The van der Waals surface area contributed by atoms with Gasteiger partial charge >= 0.3 is 0 Å². The summed E-state index contributed by atoms with van der Waals surface area (Å²) in [6, 6.07) is 15.1. The third-order valence-electron chi connectivity index (χ3n) is 3.37. The number of hydrogen-bond acceptors (Lipinski definition) is 4. The lowest BCUT2D eigenvalue weighted by Crippen LogP contribution is -2.31. The smallest absolute Gasteiger partial charge is 0.273 e. The third-order valence-corrected chi connectivity index (χ3v) is 6.33. The SMILES string of the molecule is CC1S/C(=N/S(=O)(=O)c2ccc(Br)cc2)N(c2ccccc2)C1=O. The van der Waals surface area contributed by atoms with Crippen LogP contribution in [0.3, 0.4) is 0 Å². The van der Waals surface area contributed by atoms with Gasteiger partial charge in [-0.25, -0.2) is 0 Å². The quantitative estimate of drug-likeness (QED) is 0.753. The maximum absolute atomic E-state index is 12.5. The molecule has 1 saturated heterocycles. The summed E-state index contributed by atoms with van der Waals surface area (Å²) in [7, 11) is -3.90. The average molecular weight is 425 g/mol. The molecular weight excluding hydrogens is 412 g/mol. The van der Waals surface area contributed by atoms with Crippen LogP contribution in [-0.4, -0.2) is 24.7 Å². The molecule has 1 fully saturated rings. The zero-order chi connectivity index (χ0) is 17.3. The Morgan fingerprint density at radius 3 is 2.33 bits per heavy atom. The molecular formula is C16H13BrN2O3S2. The summed E-state index contributed by atoms with van der Waals surface area (Å²) in [5.41, 5.74) is 0.601. The van der Waals surface area contributed by atoms with Gasteiger partial charge in [0.25, 0.3) is 10.0 Å². The number of benzene rings is 2. The molecule has 24 heavy (non-hydrogen) atoms. The first-order valence-corrected chi connectivity index (χ1v) is 10.2. The molecule has 0 bridgehead atoms. The monoisotopic (exact) mass is 424 g/mol. The van der Waals surface area contributed by atoms with Crippen LogP contribution in [0.1, 0.15) is 6.92 Å². The number of sulfonamides is 1. The molecule has 8 heteroatoms. The Bertz CT molecular complexity index is 897. The molecule has 0 aliphatic carbocycles. The molecule has 1 atom stereocenters. The van der Waals surface area contributed by atoms with Crippen molar-refractivity contribution in [2.75, 3.05) is 4.90 Å². The van der Waals surface area contributed by atoms with Crippen molar-refractivity contribution in [3.8, 4) is 0 Å². The van der Waals surface area contributed by atoms with Crippen LogP contribution in [0.4, 0.5) is 5.69 Å². The van der Waals surface area contributed by atoms with Crippen LogP contribution < -0.4 is 4.90 Å². The first-order chi connectivity index (χ1) is 11.4. The van der Waals surface area contributed by atoms with E-state index in [1.165, 1.54) is 17.0 Å². The molecule has 0 radical (unpaired) electrons. The standard InChI is InChI=1S/C16H13BrN2O3S2/c1-11-15(20)19(13-5-3-2-4-6-13)16(23-11)18-24(21,22)14-9-7-12(17)8-10-14/h2-11H,1H3/b18-16+. The first kappa shape index (κ1) is 17.2. The van der Waals surface area contributed by atoms with E-state index in [1.807, 2.05) is 6.07 Å². The van der Waals surface area contributed by atoms with E-state index in [2.05, 4.69) is 20.3 Å². The molecule has 1 heterocycles. The Labute approximate surface area is 153 Å².